The van der Waals surface area contributed by atoms with Crippen molar-refractivity contribution >= 4 is 29.9 Å². The molecule has 0 radical (unpaired) electrons. The SMILES string of the molecule is CSn1cc([C@@H]2O[C@H](COC(C)=O)C(OC(C)=O)C2OC(C)=O)c(=O)[nH]c1=O. The van der Waals surface area contributed by atoms with Gasteiger partial charge in [-0.2, -0.15) is 0 Å². The lowest BCUT2D eigenvalue weighted by Crippen LogP contribution is -2.41. The van der Waals surface area contributed by atoms with Gasteiger partial charge < -0.3 is 18.9 Å². The zero-order valence-electron chi connectivity index (χ0n) is 15.6. The molecule has 2 unspecified atom stereocenters. The Balaban J connectivity index is 2.49. The van der Waals surface area contributed by atoms with E-state index in [4.69, 9.17) is 18.9 Å². The predicted molar refractivity (Wildman–Crippen MR) is 95.6 cm³/mol. The zero-order chi connectivity index (χ0) is 21.0. The Morgan fingerprint density at radius 1 is 1.11 bits per heavy atom. The summed E-state index contributed by atoms with van der Waals surface area (Å²) >= 11 is 1.03. The molecule has 1 saturated heterocycles. The van der Waals surface area contributed by atoms with Gasteiger partial charge in [-0.05, 0) is 11.9 Å². The Hall–Kier alpha value is -2.60. The molecule has 1 aliphatic heterocycles. The number of rotatable bonds is 6. The van der Waals surface area contributed by atoms with Gasteiger partial charge >= 0.3 is 23.6 Å². The lowest BCUT2D eigenvalue weighted by molar-refractivity contribution is -0.165. The second-order valence-electron chi connectivity index (χ2n) is 5.90. The normalized spacial score (nSPS) is 23.9. The van der Waals surface area contributed by atoms with E-state index in [0.29, 0.717) is 0 Å². The van der Waals surface area contributed by atoms with Crippen molar-refractivity contribution in [2.24, 2.45) is 0 Å². The van der Waals surface area contributed by atoms with Crippen molar-refractivity contribution < 1.29 is 33.3 Å². The summed E-state index contributed by atoms with van der Waals surface area (Å²) in [6.07, 6.45) is -1.58. The number of aromatic nitrogens is 2. The van der Waals surface area contributed by atoms with Crippen molar-refractivity contribution in [1.29, 1.82) is 0 Å². The van der Waals surface area contributed by atoms with Gasteiger partial charge in [-0.15, -0.1) is 0 Å². The summed E-state index contributed by atoms with van der Waals surface area (Å²) in [4.78, 5) is 60.5. The molecule has 1 N–H and O–H groups in total. The minimum Gasteiger partial charge on any atom is -0.463 e. The second kappa shape index (κ2) is 9.06. The smallest absolute Gasteiger partial charge is 0.338 e. The topological polar surface area (TPSA) is 143 Å². The monoisotopic (exact) mass is 416 g/mol. The van der Waals surface area contributed by atoms with E-state index in [2.05, 4.69) is 4.98 Å². The first kappa shape index (κ1) is 21.7. The third kappa shape index (κ3) is 5.01. The minimum atomic E-state index is -1.18. The minimum absolute atomic E-state index is 0.0114. The van der Waals surface area contributed by atoms with E-state index in [0.717, 1.165) is 29.8 Å². The molecule has 0 aromatic carbocycles. The molecule has 1 fully saturated rings. The number of esters is 3. The third-order valence-electron chi connectivity index (χ3n) is 3.81. The Kier molecular flexibility index (Phi) is 7.02. The molecule has 12 heteroatoms. The Morgan fingerprint density at radius 3 is 2.25 bits per heavy atom. The highest BCUT2D eigenvalue weighted by Gasteiger charge is 2.51. The van der Waals surface area contributed by atoms with Crippen LogP contribution in [-0.2, 0) is 33.3 Å². The molecule has 0 amide bonds. The van der Waals surface area contributed by atoms with Gasteiger partial charge in [0.25, 0.3) is 5.56 Å². The van der Waals surface area contributed by atoms with Crippen molar-refractivity contribution in [1.82, 2.24) is 8.96 Å². The summed E-state index contributed by atoms with van der Waals surface area (Å²) in [5, 5.41) is 0. The molecule has 154 valence electrons. The number of nitrogens with zero attached hydrogens (tertiary/aromatic N) is 1. The molecule has 28 heavy (non-hydrogen) atoms. The van der Waals surface area contributed by atoms with Crippen molar-refractivity contribution in [3.8, 4) is 0 Å². The van der Waals surface area contributed by atoms with E-state index in [9.17, 15) is 24.0 Å². The number of ether oxygens (including phenoxy) is 4. The van der Waals surface area contributed by atoms with Gasteiger partial charge in [0.1, 0.15) is 18.8 Å². The molecule has 0 saturated carbocycles. The van der Waals surface area contributed by atoms with Crippen LogP contribution in [0.15, 0.2) is 15.8 Å². The molecule has 0 bridgehead atoms. The van der Waals surface area contributed by atoms with Crippen LogP contribution in [0, 0.1) is 0 Å². The van der Waals surface area contributed by atoms with Gasteiger partial charge in [-0.25, -0.2) is 8.77 Å². The van der Waals surface area contributed by atoms with Crippen LogP contribution in [0.4, 0.5) is 0 Å². The van der Waals surface area contributed by atoms with Crippen LogP contribution in [0.25, 0.3) is 0 Å². The fourth-order valence-electron chi connectivity index (χ4n) is 2.77. The molecule has 1 aliphatic rings. The van der Waals surface area contributed by atoms with Gasteiger partial charge in [0.05, 0.1) is 5.56 Å². The van der Waals surface area contributed by atoms with Crippen molar-refractivity contribution in [2.45, 2.75) is 45.2 Å². The first-order chi connectivity index (χ1) is 13.1. The van der Waals surface area contributed by atoms with Gasteiger partial charge in [-0.1, -0.05) is 0 Å². The van der Waals surface area contributed by atoms with Crippen molar-refractivity contribution in [3.05, 3.63) is 32.6 Å². The number of hydrogen-bond donors (Lipinski definition) is 1. The Bertz CT molecular complexity index is 878. The number of carbonyl (C=O) groups excluding carboxylic acids is 3. The van der Waals surface area contributed by atoms with Crippen LogP contribution in [0.5, 0.6) is 0 Å². The quantitative estimate of drug-likeness (QED) is 0.477. The second-order valence-corrected chi connectivity index (χ2v) is 6.66. The zero-order valence-corrected chi connectivity index (χ0v) is 16.4. The summed E-state index contributed by atoms with van der Waals surface area (Å²) < 4.78 is 22.3. The summed E-state index contributed by atoms with van der Waals surface area (Å²) in [7, 11) is 0. The lowest BCUT2D eigenvalue weighted by atomic mass is 10.0. The van der Waals surface area contributed by atoms with Crippen LogP contribution < -0.4 is 11.2 Å². The van der Waals surface area contributed by atoms with E-state index in [1.807, 2.05) is 0 Å². The van der Waals surface area contributed by atoms with Gasteiger partial charge in [0.15, 0.2) is 12.2 Å². The maximum Gasteiger partial charge on any atom is 0.338 e. The first-order valence-electron chi connectivity index (χ1n) is 8.17. The Labute approximate surface area is 163 Å². The van der Waals surface area contributed by atoms with Gasteiger partial charge in [0.2, 0.25) is 0 Å². The highest BCUT2D eigenvalue weighted by Crippen LogP contribution is 2.36. The molecule has 1 aromatic rings. The van der Waals surface area contributed by atoms with Crippen LogP contribution in [0.2, 0.25) is 0 Å². The van der Waals surface area contributed by atoms with Crippen molar-refractivity contribution in [2.75, 3.05) is 12.9 Å². The standard InChI is InChI=1S/C16H20N2O9S/c1-7(19)24-6-11-13(25-8(2)20)14(26-9(3)21)12(27-11)10-5-18(28-4)16(23)17-15(10)22/h5,11-14H,6H2,1-4H3,(H,17,22,23)/t11-,12+,13?,14?/m1/s1. The molecule has 2 rings (SSSR count). The molecule has 4 atom stereocenters. The number of nitrogens with one attached hydrogen (secondary N) is 1. The van der Waals surface area contributed by atoms with E-state index in [1.54, 1.807) is 6.26 Å². The molecular formula is C16H20N2O9S. The van der Waals surface area contributed by atoms with Crippen molar-refractivity contribution in [3.63, 3.8) is 0 Å². The summed E-state index contributed by atoms with van der Waals surface area (Å²) in [6, 6.07) is 0. The molecule has 0 spiro atoms. The first-order valence-corrected chi connectivity index (χ1v) is 9.35. The largest absolute Gasteiger partial charge is 0.463 e. The van der Waals surface area contributed by atoms with E-state index >= 15 is 0 Å². The lowest BCUT2D eigenvalue weighted by Gasteiger charge is -2.23. The fourth-order valence-corrected chi connectivity index (χ4v) is 3.20. The fraction of sp³-hybridized carbons (Fsp3) is 0.562. The highest BCUT2D eigenvalue weighted by atomic mass is 32.2. The molecule has 1 aromatic heterocycles. The maximum absolute atomic E-state index is 12.3. The average molecular weight is 416 g/mol. The summed E-state index contributed by atoms with van der Waals surface area (Å²) in [5.41, 5.74) is -1.40. The molecule has 11 nitrogen and oxygen atoms in total. The number of carbonyl (C=O) groups is 3. The average Bonchev–Trinajstić information content (AvgIpc) is 2.89. The maximum atomic E-state index is 12.3. The van der Waals surface area contributed by atoms with Gasteiger partial charge in [-0.3, -0.25) is 24.2 Å². The molecular weight excluding hydrogens is 396 g/mol. The number of aromatic amines is 1. The van der Waals surface area contributed by atoms with E-state index in [1.165, 1.54) is 13.1 Å². The van der Waals surface area contributed by atoms with E-state index < -0.39 is 53.6 Å². The van der Waals surface area contributed by atoms with Crippen LogP contribution in [0.3, 0.4) is 0 Å². The van der Waals surface area contributed by atoms with Crippen LogP contribution >= 0.6 is 11.9 Å². The van der Waals surface area contributed by atoms with Crippen LogP contribution in [0.1, 0.15) is 32.4 Å². The van der Waals surface area contributed by atoms with Crippen LogP contribution in [-0.4, -0.2) is 58.0 Å². The summed E-state index contributed by atoms with van der Waals surface area (Å²) in [6.45, 7) is 3.20. The molecule has 0 aliphatic carbocycles. The number of hydrogen-bond acceptors (Lipinski definition) is 10. The van der Waals surface area contributed by atoms with Gasteiger partial charge in [0, 0.05) is 33.2 Å². The summed E-state index contributed by atoms with van der Waals surface area (Å²) in [5.74, 6) is -1.97. The molecule has 2 heterocycles. The Morgan fingerprint density at radius 2 is 1.71 bits per heavy atom. The van der Waals surface area contributed by atoms with E-state index in [-0.39, 0.29) is 12.2 Å². The predicted octanol–water partition coefficient (Wildman–Crippen LogP) is -0.471. The number of H-pyrrole nitrogens is 1. The third-order valence-corrected chi connectivity index (χ3v) is 4.47. The highest BCUT2D eigenvalue weighted by molar-refractivity contribution is 7.97.